The van der Waals surface area contributed by atoms with E-state index in [9.17, 15) is 10.1 Å². The van der Waals surface area contributed by atoms with Crippen LogP contribution in [-0.2, 0) is 0 Å². The first-order valence-corrected chi connectivity index (χ1v) is 7.30. The molecule has 0 heterocycles. The number of benzene rings is 1. The molecule has 1 aromatic carbocycles. The maximum atomic E-state index is 11.0. The molecule has 1 atom stereocenters. The van der Waals surface area contributed by atoms with Gasteiger partial charge in [-0.05, 0) is 32.9 Å². The highest BCUT2D eigenvalue weighted by atomic mass is 79.9. The summed E-state index contributed by atoms with van der Waals surface area (Å²) in [6.45, 7) is 9.57. The van der Waals surface area contributed by atoms with Gasteiger partial charge in [0.15, 0.2) is 5.75 Å². The summed E-state index contributed by atoms with van der Waals surface area (Å²) in [6.07, 6.45) is 0. The lowest BCUT2D eigenvalue weighted by atomic mass is 10.1. The Bertz CT molecular complexity index is 472. The number of nitro groups is 1. The minimum atomic E-state index is -0.432. The summed E-state index contributed by atoms with van der Waals surface area (Å²) in [7, 11) is 0. The van der Waals surface area contributed by atoms with Gasteiger partial charge in [-0.3, -0.25) is 10.1 Å². The number of nitrogens with zero attached hydrogens (tertiary/aromatic N) is 1. The summed E-state index contributed by atoms with van der Waals surface area (Å²) in [5.41, 5.74) is 0.0353. The van der Waals surface area contributed by atoms with Crippen LogP contribution in [0.1, 0.15) is 27.7 Å². The molecule has 0 spiro atoms. The first-order valence-electron chi connectivity index (χ1n) is 6.51. The van der Waals surface area contributed by atoms with Crippen LogP contribution in [-0.4, -0.2) is 23.6 Å². The predicted octanol–water partition coefficient (Wildman–Crippen LogP) is 3.76. The molecule has 1 N–H and O–H groups in total. The fourth-order valence-corrected chi connectivity index (χ4v) is 1.88. The highest BCUT2D eigenvalue weighted by Gasteiger charge is 2.17. The van der Waals surface area contributed by atoms with Gasteiger partial charge in [-0.1, -0.05) is 22.9 Å². The lowest BCUT2D eigenvalue weighted by Gasteiger charge is -2.23. The number of nitrogens with one attached hydrogen (secondary N) is 1. The van der Waals surface area contributed by atoms with E-state index in [2.05, 4.69) is 42.0 Å². The van der Waals surface area contributed by atoms with Gasteiger partial charge >= 0.3 is 5.69 Å². The number of nitro benzene ring substituents is 1. The van der Waals surface area contributed by atoms with Gasteiger partial charge in [-0.25, -0.2) is 0 Å². The van der Waals surface area contributed by atoms with E-state index in [1.165, 1.54) is 6.07 Å². The fourth-order valence-electron chi connectivity index (χ4n) is 1.53. The number of rotatable bonds is 6. The number of halogens is 1. The van der Waals surface area contributed by atoms with Crippen molar-refractivity contribution < 1.29 is 9.66 Å². The van der Waals surface area contributed by atoms with E-state index in [1.807, 2.05) is 6.92 Å². The Hall–Kier alpha value is -1.14. The molecule has 0 amide bonds. The van der Waals surface area contributed by atoms with Crippen LogP contribution in [0.25, 0.3) is 0 Å². The van der Waals surface area contributed by atoms with Crippen LogP contribution < -0.4 is 10.1 Å². The second-order valence-electron chi connectivity index (χ2n) is 5.92. The third-order valence-corrected chi connectivity index (χ3v) is 3.12. The summed E-state index contributed by atoms with van der Waals surface area (Å²) in [6, 6.07) is 4.81. The van der Waals surface area contributed by atoms with Gasteiger partial charge in [0.05, 0.1) is 11.5 Å². The maximum Gasteiger partial charge on any atom is 0.312 e. The van der Waals surface area contributed by atoms with Crippen molar-refractivity contribution in [3.05, 3.63) is 32.8 Å². The van der Waals surface area contributed by atoms with E-state index in [-0.39, 0.29) is 17.1 Å². The fraction of sp³-hybridized carbons (Fsp3) is 0.571. The lowest BCUT2D eigenvalue weighted by Crippen LogP contribution is -2.39. The SMILES string of the molecule is CC(CNC(C)(C)C)COc1ccc(Br)cc1[N+](=O)[O-]. The predicted molar refractivity (Wildman–Crippen MR) is 83.2 cm³/mol. The molecule has 1 rings (SSSR count). The third kappa shape index (κ3) is 5.88. The molecule has 1 aromatic rings. The maximum absolute atomic E-state index is 11.0. The van der Waals surface area contributed by atoms with Crippen molar-refractivity contribution in [1.29, 1.82) is 0 Å². The second-order valence-corrected chi connectivity index (χ2v) is 6.83. The quantitative estimate of drug-likeness (QED) is 0.630. The second kappa shape index (κ2) is 7.04. The summed E-state index contributed by atoms with van der Waals surface area (Å²) in [5.74, 6) is 0.568. The van der Waals surface area contributed by atoms with Crippen LogP contribution in [0.5, 0.6) is 5.75 Å². The van der Waals surface area contributed by atoms with Gasteiger partial charge in [0, 0.05) is 28.5 Å². The third-order valence-electron chi connectivity index (χ3n) is 2.62. The summed E-state index contributed by atoms with van der Waals surface area (Å²) in [5, 5.41) is 14.4. The topological polar surface area (TPSA) is 64.4 Å². The molecule has 6 heteroatoms. The molecule has 5 nitrogen and oxygen atoms in total. The van der Waals surface area contributed by atoms with E-state index in [0.29, 0.717) is 16.8 Å². The van der Waals surface area contributed by atoms with Crippen molar-refractivity contribution in [2.75, 3.05) is 13.2 Å². The molecule has 0 aliphatic carbocycles. The first-order chi connectivity index (χ1) is 9.19. The van der Waals surface area contributed by atoms with Gasteiger partial charge in [-0.15, -0.1) is 0 Å². The van der Waals surface area contributed by atoms with E-state index in [1.54, 1.807) is 12.1 Å². The van der Waals surface area contributed by atoms with Crippen LogP contribution in [0.15, 0.2) is 22.7 Å². The monoisotopic (exact) mass is 344 g/mol. The Morgan fingerprint density at radius 3 is 2.65 bits per heavy atom. The minimum Gasteiger partial charge on any atom is -0.486 e. The molecule has 0 aliphatic heterocycles. The van der Waals surface area contributed by atoms with Gasteiger partial charge in [-0.2, -0.15) is 0 Å². The molecule has 0 saturated carbocycles. The Morgan fingerprint density at radius 1 is 1.45 bits per heavy atom. The minimum absolute atomic E-state index is 0.0182. The zero-order valence-corrected chi connectivity index (χ0v) is 13.9. The van der Waals surface area contributed by atoms with Crippen LogP contribution in [0.4, 0.5) is 5.69 Å². The molecule has 0 fully saturated rings. The van der Waals surface area contributed by atoms with Crippen LogP contribution in [0.3, 0.4) is 0 Å². The molecule has 0 aliphatic rings. The largest absolute Gasteiger partial charge is 0.486 e. The molecule has 0 saturated heterocycles. The Morgan fingerprint density at radius 2 is 2.10 bits per heavy atom. The Kier molecular flexibility index (Phi) is 5.95. The zero-order valence-electron chi connectivity index (χ0n) is 12.3. The average Bonchev–Trinajstić information content (AvgIpc) is 2.33. The summed E-state index contributed by atoms with van der Waals surface area (Å²) >= 11 is 3.22. The number of hydrogen-bond donors (Lipinski definition) is 1. The van der Waals surface area contributed by atoms with Crippen molar-refractivity contribution in [3.63, 3.8) is 0 Å². The molecule has 112 valence electrons. The van der Waals surface area contributed by atoms with Gasteiger partial charge in [0.1, 0.15) is 0 Å². The van der Waals surface area contributed by atoms with E-state index in [0.717, 1.165) is 6.54 Å². The molecule has 0 bridgehead atoms. The highest BCUT2D eigenvalue weighted by Crippen LogP contribution is 2.30. The van der Waals surface area contributed by atoms with Gasteiger partial charge in [0.2, 0.25) is 0 Å². The molecule has 1 unspecified atom stereocenters. The lowest BCUT2D eigenvalue weighted by molar-refractivity contribution is -0.386. The normalized spacial score (nSPS) is 13.1. The Balaban J connectivity index is 2.59. The average molecular weight is 345 g/mol. The van der Waals surface area contributed by atoms with Crippen LogP contribution >= 0.6 is 15.9 Å². The van der Waals surface area contributed by atoms with Crippen molar-refractivity contribution in [2.24, 2.45) is 5.92 Å². The van der Waals surface area contributed by atoms with Gasteiger partial charge in [0.25, 0.3) is 0 Å². The molecule has 0 aromatic heterocycles. The molecular formula is C14H21BrN2O3. The number of ether oxygens (including phenoxy) is 1. The summed E-state index contributed by atoms with van der Waals surface area (Å²) < 4.78 is 6.24. The van der Waals surface area contributed by atoms with Crippen molar-refractivity contribution in [3.8, 4) is 5.75 Å². The molecule has 0 radical (unpaired) electrons. The highest BCUT2D eigenvalue weighted by molar-refractivity contribution is 9.10. The summed E-state index contributed by atoms with van der Waals surface area (Å²) in [4.78, 5) is 10.5. The van der Waals surface area contributed by atoms with Crippen molar-refractivity contribution in [2.45, 2.75) is 33.2 Å². The first kappa shape index (κ1) is 16.9. The van der Waals surface area contributed by atoms with Gasteiger partial charge < -0.3 is 10.1 Å². The molecular weight excluding hydrogens is 324 g/mol. The smallest absolute Gasteiger partial charge is 0.312 e. The zero-order chi connectivity index (χ0) is 15.3. The van der Waals surface area contributed by atoms with Crippen molar-refractivity contribution >= 4 is 21.6 Å². The van der Waals surface area contributed by atoms with E-state index >= 15 is 0 Å². The van der Waals surface area contributed by atoms with Crippen LogP contribution in [0.2, 0.25) is 0 Å². The van der Waals surface area contributed by atoms with E-state index < -0.39 is 4.92 Å². The van der Waals surface area contributed by atoms with Crippen molar-refractivity contribution in [1.82, 2.24) is 5.32 Å². The van der Waals surface area contributed by atoms with Crippen LogP contribution in [0, 0.1) is 16.0 Å². The van der Waals surface area contributed by atoms with E-state index in [4.69, 9.17) is 4.74 Å². The number of hydrogen-bond acceptors (Lipinski definition) is 4. The molecule has 20 heavy (non-hydrogen) atoms. The standard InChI is InChI=1S/C14H21BrN2O3/c1-10(8-16-14(2,3)4)9-20-13-6-5-11(15)7-12(13)17(18)19/h5-7,10,16H,8-9H2,1-4H3. The Labute approximate surface area is 128 Å².